The van der Waals surface area contributed by atoms with Gasteiger partial charge in [-0.3, -0.25) is 4.90 Å². The summed E-state index contributed by atoms with van der Waals surface area (Å²) in [5.74, 6) is 1.04. The van der Waals surface area contributed by atoms with Gasteiger partial charge in [-0.2, -0.15) is 0 Å². The molecule has 1 heterocycles. The van der Waals surface area contributed by atoms with Crippen LogP contribution in [-0.2, 0) is 16.6 Å². The monoisotopic (exact) mass is 421 g/mol. The van der Waals surface area contributed by atoms with Crippen LogP contribution in [0.1, 0.15) is 69.4 Å². The second kappa shape index (κ2) is 8.22. The smallest absolute Gasteiger partial charge is 0.336 e. The molecule has 4 nitrogen and oxygen atoms in total. The molecule has 2 bridgehead atoms. The van der Waals surface area contributed by atoms with Gasteiger partial charge in [-0.25, -0.2) is 4.79 Å². The summed E-state index contributed by atoms with van der Waals surface area (Å²) < 4.78 is 5.62. The summed E-state index contributed by atoms with van der Waals surface area (Å²) in [6, 6.07) is 6.34. The molecule has 1 aromatic carbocycles. The zero-order valence-electron chi connectivity index (χ0n) is 18.7. The third kappa shape index (κ3) is 3.48. The molecular weight excluding hydrogens is 386 g/mol. The minimum absolute atomic E-state index is 0.206. The van der Waals surface area contributed by atoms with Crippen molar-refractivity contribution in [1.82, 2.24) is 4.90 Å². The van der Waals surface area contributed by atoms with E-state index in [-0.39, 0.29) is 17.4 Å². The van der Waals surface area contributed by atoms with Crippen molar-refractivity contribution < 1.29 is 14.6 Å². The predicted octanol–water partition coefficient (Wildman–Crippen LogP) is 4.70. The Morgan fingerprint density at radius 3 is 2.81 bits per heavy atom. The molecule has 0 amide bonds. The first-order valence-electron chi connectivity index (χ1n) is 12.2. The average molecular weight is 422 g/mol. The quantitative estimate of drug-likeness (QED) is 0.324. The van der Waals surface area contributed by atoms with Gasteiger partial charge in [0.2, 0.25) is 0 Å². The van der Waals surface area contributed by atoms with Crippen LogP contribution in [0.15, 0.2) is 42.5 Å². The molecule has 5 rings (SSSR count). The molecule has 0 spiro atoms. The largest absolute Gasteiger partial charge is 0.423 e. The summed E-state index contributed by atoms with van der Waals surface area (Å²) in [5, 5.41) is 12.2. The van der Waals surface area contributed by atoms with Crippen molar-refractivity contribution >= 4 is 5.97 Å². The molecule has 1 aliphatic heterocycles. The van der Waals surface area contributed by atoms with Gasteiger partial charge in [-0.05, 0) is 81.2 Å². The number of allylic oxidation sites excluding steroid dienone is 3. The van der Waals surface area contributed by atoms with E-state index < -0.39 is 5.60 Å². The fourth-order valence-electron chi connectivity index (χ4n) is 6.77. The molecule has 0 unspecified atom stereocenters. The van der Waals surface area contributed by atoms with E-state index in [0.717, 1.165) is 57.5 Å². The van der Waals surface area contributed by atoms with Crippen LogP contribution in [0.2, 0.25) is 0 Å². The van der Waals surface area contributed by atoms with E-state index in [2.05, 4.69) is 17.0 Å². The lowest BCUT2D eigenvalue weighted by molar-refractivity contribution is -0.169. The van der Waals surface area contributed by atoms with Crippen molar-refractivity contribution in [2.75, 3.05) is 13.1 Å². The maximum absolute atomic E-state index is 12.2. The Morgan fingerprint density at radius 1 is 1.19 bits per heavy atom. The number of carbonyl (C=O) groups excluding carboxylic acids is 1. The molecule has 31 heavy (non-hydrogen) atoms. The Morgan fingerprint density at radius 2 is 2.03 bits per heavy atom. The van der Waals surface area contributed by atoms with Gasteiger partial charge in [0.25, 0.3) is 0 Å². The lowest BCUT2D eigenvalue weighted by atomic mass is 9.49. The second-order valence-corrected chi connectivity index (χ2v) is 10.1. The molecule has 1 N–H and O–H groups in total. The van der Waals surface area contributed by atoms with Crippen LogP contribution in [0, 0.1) is 5.92 Å². The van der Waals surface area contributed by atoms with Gasteiger partial charge >= 0.3 is 5.97 Å². The standard InChI is InChI=1S/C27H35NO3/c1-2-3-4-10-25(29)31-22-12-11-21-17-24-27(30)14-6-5-13-26(27,23(21)18-22)15-16-28(24)19-20-8-7-9-20/h2-4,10-12,18,20,24,30H,5-9,13-17,19H2,1H3/b3-2+,10-4+/t24-,26+,27-/m1/s1. The Hall–Kier alpha value is -1.91. The van der Waals surface area contributed by atoms with Gasteiger partial charge in [0.05, 0.1) is 5.60 Å². The topological polar surface area (TPSA) is 49.8 Å². The second-order valence-electron chi connectivity index (χ2n) is 10.1. The SMILES string of the molecule is C/C=C/C=C/C(=O)Oc1ccc2c(c1)[C@@]13CCCC[C@@]1(O)[C@@H](C2)N(CC1CCC1)CC3. The van der Waals surface area contributed by atoms with E-state index in [4.69, 9.17) is 4.74 Å². The molecule has 2 saturated carbocycles. The van der Waals surface area contributed by atoms with Crippen LogP contribution < -0.4 is 4.74 Å². The number of piperidine rings is 1. The van der Waals surface area contributed by atoms with Gasteiger partial charge in [0.15, 0.2) is 0 Å². The summed E-state index contributed by atoms with van der Waals surface area (Å²) in [6.45, 7) is 4.13. The van der Waals surface area contributed by atoms with Crippen LogP contribution in [0.25, 0.3) is 0 Å². The average Bonchev–Trinajstić information content (AvgIpc) is 2.72. The van der Waals surface area contributed by atoms with Crippen LogP contribution in [0.3, 0.4) is 0 Å². The van der Waals surface area contributed by atoms with Gasteiger partial charge in [-0.15, -0.1) is 0 Å². The predicted molar refractivity (Wildman–Crippen MR) is 122 cm³/mol. The molecule has 3 aliphatic carbocycles. The zero-order chi connectivity index (χ0) is 21.5. The molecule has 3 atom stereocenters. The maximum atomic E-state index is 12.2. The van der Waals surface area contributed by atoms with Crippen molar-refractivity contribution in [2.45, 2.75) is 81.8 Å². The number of benzene rings is 1. The third-order valence-electron chi connectivity index (χ3n) is 8.54. The van der Waals surface area contributed by atoms with Crippen molar-refractivity contribution in [2.24, 2.45) is 5.92 Å². The number of rotatable bonds is 5. The summed E-state index contributed by atoms with van der Waals surface area (Å²) in [6.07, 6.45) is 17.0. The highest BCUT2D eigenvalue weighted by molar-refractivity contribution is 5.84. The van der Waals surface area contributed by atoms with Crippen LogP contribution >= 0.6 is 0 Å². The highest BCUT2D eigenvalue weighted by atomic mass is 16.5. The van der Waals surface area contributed by atoms with Crippen LogP contribution in [0.4, 0.5) is 0 Å². The van der Waals surface area contributed by atoms with Gasteiger partial charge < -0.3 is 9.84 Å². The number of ether oxygens (including phenoxy) is 1. The number of carbonyl (C=O) groups is 1. The summed E-state index contributed by atoms with van der Waals surface area (Å²) in [7, 11) is 0. The van der Waals surface area contributed by atoms with Gasteiger partial charge in [-0.1, -0.05) is 43.6 Å². The Labute approximate surface area is 186 Å². The Kier molecular flexibility index (Phi) is 5.56. The summed E-state index contributed by atoms with van der Waals surface area (Å²) >= 11 is 0. The van der Waals surface area contributed by atoms with E-state index in [9.17, 15) is 9.90 Å². The van der Waals surface area contributed by atoms with E-state index in [0.29, 0.717) is 5.75 Å². The minimum Gasteiger partial charge on any atom is -0.423 e. The molecule has 0 radical (unpaired) electrons. The van der Waals surface area contributed by atoms with Gasteiger partial charge in [0.1, 0.15) is 5.75 Å². The Bertz CT molecular complexity index is 902. The highest BCUT2D eigenvalue weighted by Gasteiger charge is 2.63. The number of aliphatic hydroxyl groups is 1. The van der Waals surface area contributed by atoms with Crippen molar-refractivity contribution in [1.29, 1.82) is 0 Å². The molecule has 4 heteroatoms. The van der Waals surface area contributed by atoms with E-state index in [1.165, 1.54) is 36.5 Å². The van der Waals surface area contributed by atoms with Crippen molar-refractivity contribution in [3.05, 3.63) is 53.6 Å². The lowest BCUT2D eigenvalue weighted by Gasteiger charge is -2.64. The molecule has 166 valence electrons. The summed E-state index contributed by atoms with van der Waals surface area (Å²) in [5.41, 5.74) is 1.69. The lowest BCUT2D eigenvalue weighted by Crippen LogP contribution is -2.72. The first-order valence-corrected chi connectivity index (χ1v) is 12.2. The van der Waals surface area contributed by atoms with Crippen molar-refractivity contribution in [3.8, 4) is 5.75 Å². The van der Waals surface area contributed by atoms with Crippen LogP contribution in [0.5, 0.6) is 5.75 Å². The number of fused-ring (bicyclic) bond motifs is 1. The molecule has 3 fully saturated rings. The van der Waals surface area contributed by atoms with E-state index in [1.54, 1.807) is 6.08 Å². The number of nitrogens with zero attached hydrogens (tertiary/aromatic N) is 1. The van der Waals surface area contributed by atoms with E-state index >= 15 is 0 Å². The first kappa shape index (κ1) is 21.0. The summed E-state index contributed by atoms with van der Waals surface area (Å²) in [4.78, 5) is 14.8. The minimum atomic E-state index is -0.672. The molecule has 4 aliphatic rings. The fourth-order valence-corrected chi connectivity index (χ4v) is 6.77. The normalized spacial score (nSPS) is 33.2. The fraction of sp³-hybridized carbons (Fsp3) is 0.593. The zero-order valence-corrected chi connectivity index (χ0v) is 18.7. The van der Waals surface area contributed by atoms with Gasteiger partial charge in [0, 0.05) is 24.1 Å². The molecular formula is C27H35NO3. The number of hydrogen-bond donors (Lipinski definition) is 1. The van der Waals surface area contributed by atoms with Crippen LogP contribution in [-0.4, -0.2) is 40.7 Å². The molecule has 1 aromatic rings. The first-order chi connectivity index (χ1) is 15.1. The van der Waals surface area contributed by atoms with Crippen molar-refractivity contribution in [3.63, 3.8) is 0 Å². The number of likely N-dealkylation sites (tertiary alicyclic amines) is 1. The number of hydrogen-bond acceptors (Lipinski definition) is 4. The molecule has 1 saturated heterocycles. The third-order valence-corrected chi connectivity index (χ3v) is 8.54. The molecule has 0 aromatic heterocycles. The number of esters is 1. The maximum Gasteiger partial charge on any atom is 0.336 e. The van der Waals surface area contributed by atoms with E-state index in [1.807, 2.05) is 25.1 Å². The highest BCUT2D eigenvalue weighted by Crippen LogP contribution is 2.58. The Balaban J connectivity index is 1.46.